The van der Waals surface area contributed by atoms with Crippen LogP contribution in [0, 0.1) is 0 Å². The molecule has 0 spiro atoms. The molecule has 0 bridgehead atoms. The minimum Gasteiger partial charge on any atom is -0.295 e. The van der Waals surface area contributed by atoms with Crippen molar-refractivity contribution in [3.8, 4) is 0 Å². The number of nitrogens with zero attached hydrogens (tertiary/aromatic N) is 1. The highest BCUT2D eigenvalue weighted by molar-refractivity contribution is 4.88. The lowest BCUT2D eigenvalue weighted by atomic mass is 9.94. The van der Waals surface area contributed by atoms with Crippen molar-refractivity contribution in [2.24, 2.45) is 0 Å². The highest BCUT2D eigenvalue weighted by atomic mass is 15.3. The van der Waals surface area contributed by atoms with Crippen LogP contribution in [0.2, 0.25) is 0 Å². The van der Waals surface area contributed by atoms with Gasteiger partial charge in [-0.25, -0.2) is 0 Å². The van der Waals surface area contributed by atoms with Crippen LogP contribution in [0.1, 0.15) is 34.1 Å². The Morgan fingerprint density at radius 2 is 1.67 bits per heavy atom. The zero-order valence-electron chi connectivity index (χ0n) is 6.89. The van der Waals surface area contributed by atoms with E-state index in [4.69, 9.17) is 0 Å². The van der Waals surface area contributed by atoms with Crippen LogP contribution in [0.15, 0.2) is 0 Å². The van der Waals surface area contributed by atoms with Gasteiger partial charge in [0.2, 0.25) is 0 Å². The van der Waals surface area contributed by atoms with Crippen LogP contribution < -0.4 is 0 Å². The van der Waals surface area contributed by atoms with E-state index in [0.717, 1.165) is 18.1 Å². The lowest BCUT2D eigenvalue weighted by molar-refractivity contribution is 0.00770. The zero-order valence-corrected chi connectivity index (χ0v) is 6.89. The van der Waals surface area contributed by atoms with Crippen molar-refractivity contribution in [1.29, 1.82) is 0 Å². The summed E-state index contributed by atoms with van der Waals surface area (Å²) in [4.78, 5) is 2.56. The molecule has 0 aromatic heterocycles. The number of likely N-dealkylation sites (tertiary alicyclic amines) is 1. The molecule has 0 saturated carbocycles. The summed E-state index contributed by atoms with van der Waals surface area (Å²) >= 11 is 0. The maximum absolute atomic E-state index is 2.56. The van der Waals surface area contributed by atoms with Crippen molar-refractivity contribution >= 4 is 0 Å². The van der Waals surface area contributed by atoms with Gasteiger partial charge < -0.3 is 0 Å². The van der Waals surface area contributed by atoms with E-state index >= 15 is 0 Å². The van der Waals surface area contributed by atoms with Gasteiger partial charge in [0.1, 0.15) is 0 Å². The molecule has 1 aliphatic heterocycles. The summed E-state index contributed by atoms with van der Waals surface area (Å²) < 4.78 is 0. The molecule has 1 aliphatic rings. The minimum absolute atomic E-state index is 0.740. The second kappa shape index (κ2) is 2.30. The van der Waals surface area contributed by atoms with E-state index < -0.39 is 0 Å². The summed E-state index contributed by atoms with van der Waals surface area (Å²) in [6.45, 7) is 9.15. The molecule has 9 heavy (non-hydrogen) atoms. The van der Waals surface area contributed by atoms with Crippen molar-refractivity contribution in [1.82, 2.24) is 4.90 Å². The van der Waals surface area contributed by atoms with E-state index in [0.29, 0.717) is 0 Å². The second-order valence-corrected chi connectivity index (χ2v) is 3.47. The highest BCUT2D eigenvalue weighted by Gasteiger charge is 2.32. The van der Waals surface area contributed by atoms with Gasteiger partial charge in [-0.05, 0) is 34.1 Å². The van der Waals surface area contributed by atoms with Gasteiger partial charge in [-0.1, -0.05) is 0 Å². The van der Waals surface area contributed by atoms with Crippen LogP contribution in [0.25, 0.3) is 0 Å². The highest BCUT2D eigenvalue weighted by Crippen LogP contribution is 2.26. The van der Waals surface area contributed by atoms with E-state index in [-0.39, 0.29) is 0 Å². The molecule has 0 N–H and O–H groups in total. The third-order valence-electron chi connectivity index (χ3n) is 2.30. The normalized spacial score (nSPS) is 37.0. The smallest absolute Gasteiger partial charge is 0.00872 e. The van der Waals surface area contributed by atoms with Crippen molar-refractivity contribution in [2.45, 2.75) is 52.2 Å². The van der Waals surface area contributed by atoms with E-state index in [9.17, 15) is 0 Å². The van der Waals surface area contributed by atoms with Gasteiger partial charge in [0.05, 0.1) is 0 Å². The van der Waals surface area contributed by atoms with Crippen LogP contribution in [0.5, 0.6) is 0 Å². The molecule has 0 aromatic rings. The standard InChI is InChI=1S/C8H17N/c1-6(2)9-7(3)5-8(9)4/h6-8H,5H2,1-4H3. The number of hydrogen-bond donors (Lipinski definition) is 0. The Bertz CT molecular complexity index is 84.0. The molecule has 1 rings (SSSR count). The molecular formula is C8H17N. The first-order valence-corrected chi connectivity index (χ1v) is 3.90. The van der Waals surface area contributed by atoms with E-state index in [1.54, 1.807) is 0 Å². The summed E-state index contributed by atoms with van der Waals surface area (Å²) in [5.74, 6) is 0. The lowest BCUT2D eigenvalue weighted by Crippen LogP contribution is -2.55. The molecule has 2 atom stereocenters. The summed E-state index contributed by atoms with van der Waals surface area (Å²) in [5.41, 5.74) is 0. The van der Waals surface area contributed by atoms with Crippen molar-refractivity contribution in [2.75, 3.05) is 0 Å². The van der Waals surface area contributed by atoms with Crippen molar-refractivity contribution < 1.29 is 0 Å². The Morgan fingerprint density at radius 1 is 1.22 bits per heavy atom. The van der Waals surface area contributed by atoms with E-state index in [1.807, 2.05) is 0 Å². The number of rotatable bonds is 1. The SMILES string of the molecule is CC(C)N1C(C)CC1C. The molecule has 0 aromatic carbocycles. The summed E-state index contributed by atoms with van der Waals surface area (Å²) in [5, 5.41) is 0. The molecule has 54 valence electrons. The quantitative estimate of drug-likeness (QED) is 0.520. The van der Waals surface area contributed by atoms with Crippen molar-refractivity contribution in [3.63, 3.8) is 0 Å². The van der Waals surface area contributed by atoms with Gasteiger partial charge in [-0.3, -0.25) is 4.90 Å². The molecule has 0 radical (unpaired) electrons. The minimum atomic E-state index is 0.740. The monoisotopic (exact) mass is 127 g/mol. The van der Waals surface area contributed by atoms with Crippen LogP contribution in [0.3, 0.4) is 0 Å². The van der Waals surface area contributed by atoms with Gasteiger partial charge in [0, 0.05) is 18.1 Å². The van der Waals surface area contributed by atoms with Crippen molar-refractivity contribution in [3.05, 3.63) is 0 Å². The Labute approximate surface area is 58.0 Å². The first-order chi connectivity index (χ1) is 4.13. The van der Waals surface area contributed by atoms with Gasteiger partial charge in [-0.15, -0.1) is 0 Å². The average molecular weight is 127 g/mol. The van der Waals surface area contributed by atoms with Crippen LogP contribution in [-0.4, -0.2) is 23.0 Å². The predicted molar refractivity (Wildman–Crippen MR) is 40.5 cm³/mol. The van der Waals surface area contributed by atoms with Gasteiger partial charge >= 0.3 is 0 Å². The third-order valence-corrected chi connectivity index (χ3v) is 2.30. The molecule has 1 nitrogen and oxygen atoms in total. The first kappa shape index (κ1) is 7.07. The maximum Gasteiger partial charge on any atom is 0.00872 e. The Hall–Kier alpha value is -0.0400. The first-order valence-electron chi connectivity index (χ1n) is 3.90. The van der Waals surface area contributed by atoms with Gasteiger partial charge in [-0.2, -0.15) is 0 Å². The molecule has 1 fully saturated rings. The fourth-order valence-electron chi connectivity index (χ4n) is 2.05. The Balaban J connectivity index is 2.39. The second-order valence-electron chi connectivity index (χ2n) is 3.47. The Kier molecular flexibility index (Phi) is 1.80. The molecular weight excluding hydrogens is 110 g/mol. The zero-order chi connectivity index (χ0) is 7.02. The molecule has 1 heterocycles. The summed E-state index contributed by atoms with van der Waals surface area (Å²) in [6.07, 6.45) is 1.39. The molecule has 1 saturated heterocycles. The summed E-state index contributed by atoms with van der Waals surface area (Å²) in [6, 6.07) is 2.41. The van der Waals surface area contributed by atoms with Crippen LogP contribution in [0.4, 0.5) is 0 Å². The fourth-order valence-corrected chi connectivity index (χ4v) is 2.05. The number of hydrogen-bond acceptors (Lipinski definition) is 1. The van der Waals surface area contributed by atoms with Crippen LogP contribution >= 0.6 is 0 Å². The molecule has 0 aliphatic carbocycles. The third kappa shape index (κ3) is 1.11. The predicted octanol–water partition coefficient (Wildman–Crippen LogP) is 1.88. The van der Waals surface area contributed by atoms with Crippen LogP contribution in [-0.2, 0) is 0 Å². The molecule has 1 heteroatoms. The largest absolute Gasteiger partial charge is 0.295 e. The van der Waals surface area contributed by atoms with E-state index in [1.165, 1.54) is 6.42 Å². The molecule has 2 unspecified atom stereocenters. The van der Waals surface area contributed by atoms with Gasteiger partial charge in [0.15, 0.2) is 0 Å². The Morgan fingerprint density at radius 3 is 1.78 bits per heavy atom. The average Bonchev–Trinajstić information content (AvgIpc) is 1.62. The maximum atomic E-state index is 2.56. The molecule has 0 amide bonds. The van der Waals surface area contributed by atoms with E-state index in [2.05, 4.69) is 32.6 Å². The van der Waals surface area contributed by atoms with Gasteiger partial charge in [0.25, 0.3) is 0 Å². The summed E-state index contributed by atoms with van der Waals surface area (Å²) in [7, 11) is 0. The topological polar surface area (TPSA) is 3.24 Å². The lowest BCUT2D eigenvalue weighted by Gasteiger charge is -2.48. The fraction of sp³-hybridized carbons (Fsp3) is 1.00.